The Morgan fingerprint density at radius 2 is 1.72 bits per heavy atom. The maximum Gasteiger partial charge on any atom is 0.416 e. The van der Waals surface area contributed by atoms with E-state index in [4.69, 9.17) is 23.2 Å². The van der Waals surface area contributed by atoms with Gasteiger partial charge in [-0.1, -0.05) is 35.3 Å². The molecule has 0 radical (unpaired) electrons. The van der Waals surface area contributed by atoms with Crippen molar-refractivity contribution in [1.82, 2.24) is 16.2 Å². The Morgan fingerprint density at radius 3 is 2.39 bits per heavy atom. The van der Waals surface area contributed by atoms with Crippen molar-refractivity contribution in [2.45, 2.75) is 24.8 Å². The summed E-state index contributed by atoms with van der Waals surface area (Å²) in [6, 6.07) is 14.6. The minimum atomic E-state index is -4.53. The molecule has 0 spiro atoms. The normalized spacial score (nSPS) is 18.2. The topological polar surface area (TPSA) is 77.5 Å². The van der Waals surface area contributed by atoms with E-state index >= 15 is 0 Å². The summed E-state index contributed by atoms with van der Waals surface area (Å²) in [6.07, 6.45) is -4.57. The molecule has 1 aliphatic rings. The number of amides is 1. The fraction of sp³-hybridized carbons (Fsp3) is 0.167. The van der Waals surface area contributed by atoms with Crippen LogP contribution in [0.15, 0.2) is 71.7 Å². The van der Waals surface area contributed by atoms with E-state index in [1.165, 1.54) is 6.07 Å². The van der Waals surface area contributed by atoms with Crippen molar-refractivity contribution in [2.75, 3.05) is 5.32 Å². The van der Waals surface area contributed by atoms with E-state index in [2.05, 4.69) is 26.5 Å². The third-order valence-corrected chi connectivity index (χ3v) is 5.70. The van der Waals surface area contributed by atoms with Crippen molar-refractivity contribution >= 4 is 40.8 Å². The van der Waals surface area contributed by atoms with E-state index < -0.39 is 29.6 Å². The smallest absolute Gasteiger partial charge is 0.326 e. The van der Waals surface area contributed by atoms with Crippen LogP contribution in [0.4, 0.5) is 23.2 Å². The van der Waals surface area contributed by atoms with Gasteiger partial charge in [0, 0.05) is 33.8 Å². The number of anilines is 1. The lowest BCUT2D eigenvalue weighted by atomic mass is 10.0. The lowest BCUT2D eigenvalue weighted by Crippen LogP contribution is -2.39. The number of aliphatic imine (C=N–C) groups is 1. The Morgan fingerprint density at radius 1 is 0.972 bits per heavy atom. The number of rotatable bonds is 4. The summed E-state index contributed by atoms with van der Waals surface area (Å²) in [6.45, 7) is 0. The Hall–Kier alpha value is -3.18. The SMILES string of the molecule is O=C(NC(=NC1CC(c2cccc(Cl)c2)NN1)Nc1cc(F)cc(Cl)c1)c1ccc(C(F)(F)F)cc1. The van der Waals surface area contributed by atoms with E-state index in [0.717, 1.165) is 42.0 Å². The van der Waals surface area contributed by atoms with Crippen LogP contribution in [0, 0.1) is 5.82 Å². The summed E-state index contributed by atoms with van der Waals surface area (Å²) in [5.41, 5.74) is 6.33. The lowest BCUT2D eigenvalue weighted by Gasteiger charge is -2.15. The first kappa shape index (κ1) is 25.9. The van der Waals surface area contributed by atoms with E-state index in [1.807, 2.05) is 18.2 Å². The number of halogens is 6. The Balaban J connectivity index is 1.55. The highest BCUT2D eigenvalue weighted by molar-refractivity contribution is 6.31. The average Bonchev–Trinajstić information content (AvgIpc) is 3.26. The maximum absolute atomic E-state index is 13.8. The number of hydrogen-bond acceptors (Lipinski definition) is 4. The molecule has 1 saturated heterocycles. The van der Waals surface area contributed by atoms with Crippen molar-refractivity contribution in [3.05, 3.63) is 99.3 Å². The second-order valence-corrected chi connectivity index (χ2v) is 8.81. The third-order valence-electron chi connectivity index (χ3n) is 5.25. The summed E-state index contributed by atoms with van der Waals surface area (Å²) >= 11 is 12.0. The fourth-order valence-corrected chi connectivity index (χ4v) is 3.99. The zero-order valence-electron chi connectivity index (χ0n) is 18.3. The van der Waals surface area contributed by atoms with Crippen molar-refractivity contribution in [1.29, 1.82) is 0 Å². The van der Waals surface area contributed by atoms with Crippen LogP contribution in [-0.2, 0) is 6.18 Å². The molecule has 2 unspecified atom stereocenters. The molecule has 0 bridgehead atoms. The summed E-state index contributed by atoms with van der Waals surface area (Å²) in [5.74, 6) is -1.39. The van der Waals surface area contributed by atoms with Crippen molar-refractivity contribution in [3.8, 4) is 0 Å². The number of benzene rings is 3. The van der Waals surface area contributed by atoms with Crippen LogP contribution >= 0.6 is 23.2 Å². The van der Waals surface area contributed by atoms with Crippen molar-refractivity contribution in [2.24, 2.45) is 4.99 Å². The molecule has 1 amide bonds. The van der Waals surface area contributed by atoms with E-state index in [0.29, 0.717) is 11.4 Å². The number of nitrogens with one attached hydrogen (secondary N) is 4. The van der Waals surface area contributed by atoms with Gasteiger partial charge >= 0.3 is 6.18 Å². The average molecular weight is 540 g/mol. The number of nitrogens with zero attached hydrogens (tertiary/aromatic N) is 1. The molecular formula is C24H19Cl2F4N5O. The predicted molar refractivity (Wildman–Crippen MR) is 130 cm³/mol. The summed E-state index contributed by atoms with van der Waals surface area (Å²) in [4.78, 5) is 17.2. The highest BCUT2D eigenvalue weighted by Crippen LogP contribution is 2.29. The zero-order chi connectivity index (χ0) is 25.9. The fourth-order valence-electron chi connectivity index (χ4n) is 3.57. The van der Waals surface area contributed by atoms with Crippen LogP contribution in [-0.4, -0.2) is 18.0 Å². The van der Waals surface area contributed by atoms with Gasteiger partial charge < -0.3 is 5.32 Å². The highest BCUT2D eigenvalue weighted by Gasteiger charge is 2.30. The van der Waals surface area contributed by atoms with Crippen molar-refractivity contribution < 1.29 is 22.4 Å². The first-order valence-electron chi connectivity index (χ1n) is 10.6. The Bertz CT molecular complexity index is 1260. The molecule has 3 aromatic rings. The van der Waals surface area contributed by atoms with Crippen LogP contribution in [0.3, 0.4) is 0 Å². The van der Waals surface area contributed by atoms with E-state index in [-0.39, 0.29) is 28.3 Å². The van der Waals surface area contributed by atoms with Crippen molar-refractivity contribution in [3.63, 3.8) is 0 Å². The minimum Gasteiger partial charge on any atom is -0.326 e. The molecular weight excluding hydrogens is 521 g/mol. The largest absolute Gasteiger partial charge is 0.416 e. The van der Waals surface area contributed by atoms with Gasteiger partial charge in [0.05, 0.1) is 5.56 Å². The minimum absolute atomic E-state index is 0.0240. The molecule has 36 heavy (non-hydrogen) atoms. The number of carbonyl (C=O) groups excluding carboxylic acids is 1. The summed E-state index contributed by atoms with van der Waals surface area (Å²) in [5, 5.41) is 6.04. The number of guanidine groups is 1. The van der Waals surface area contributed by atoms with Gasteiger partial charge in [-0.05, 0) is 60.2 Å². The van der Waals surface area contributed by atoms with Crippen LogP contribution in [0.2, 0.25) is 10.0 Å². The number of alkyl halides is 3. The Labute approximate surface area is 213 Å². The number of hydrazine groups is 1. The van der Waals surface area contributed by atoms with Crippen LogP contribution in [0.25, 0.3) is 0 Å². The van der Waals surface area contributed by atoms with Gasteiger partial charge in [-0.2, -0.15) is 13.2 Å². The molecule has 1 aliphatic heterocycles. The standard InChI is InChI=1S/C24H19Cl2F4N5O/c25-16-3-1-2-14(8-16)20-12-21(35-34-20)32-23(31-19-10-17(26)9-18(27)11-19)33-22(36)13-4-6-15(7-5-13)24(28,29)30/h1-11,20-21,34-35H,12H2,(H2,31,32,33,36). The summed E-state index contributed by atoms with van der Waals surface area (Å²) in [7, 11) is 0. The van der Waals surface area contributed by atoms with Crippen LogP contribution in [0.1, 0.15) is 33.9 Å². The number of carbonyl (C=O) groups is 1. The number of hydrogen-bond donors (Lipinski definition) is 4. The van der Waals surface area contributed by atoms with Crippen LogP contribution < -0.4 is 21.5 Å². The molecule has 6 nitrogen and oxygen atoms in total. The molecule has 3 aromatic carbocycles. The molecule has 4 rings (SSSR count). The van der Waals surface area contributed by atoms with E-state index in [1.54, 1.807) is 6.07 Å². The third kappa shape index (κ3) is 6.73. The van der Waals surface area contributed by atoms with Gasteiger partial charge in [-0.3, -0.25) is 10.1 Å². The zero-order valence-corrected chi connectivity index (χ0v) is 19.8. The molecule has 188 valence electrons. The van der Waals surface area contributed by atoms with Gasteiger partial charge in [-0.25, -0.2) is 20.2 Å². The molecule has 1 fully saturated rings. The van der Waals surface area contributed by atoms with Gasteiger partial charge in [0.15, 0.2) is 0 Å². The molecule has 0 aliphatic carbocycles. The van der Waals surface area contributed by atoms with Gasteiger partial charge in [0.2, 0.25) is 5.96 Å². The summed E-state index contributed by atoms with van der Waals surface area (Å²) < 4.78 is 52.4. The maximum atomic E-state index is 13.8. The van der Waals surface area contributed by atoms with Crippen LogP contribution in [0.5, 0.6) is 0 Å². The molecule has 0 aromatic heterocycles. The van der Waals surface area contributed by atoms with Gasteiger partial charge in [0.25, 0.3) is 5.91 Å². The quantitative estimate of drug-likeness (QED) is 0.189. The van der Waals surface area contributed by atoms with Gasteiger partial charge in [0.1, 0.15) is 12.0 Å². The second-order valence-electron chi connectivity index (χ2n) is 7.94. The predicted octanol–water partition coefficient (Wildman–Crippen LogP) is 5.91. The Kier molecular flexibility index (Phi) is 7.79. The molecule has 12 heteroatoms. The second kappa shape index (κ2) is 10.8. The first-order valence-corrected chi connectivity index (χ1v) is 11.4. The van der Waals surface area contributed by atoms with E-state index in [9.17, 15) is 22.4 Å². The molecule has 0 saturated carbocycles. The monoisotopic (exact) mass is 539 g/mol. The molecule has 4 N–H and O–H groups in total. The lowest BCUT2D eigenvalue weighted by molar-refractivity contribution is -0.137. The molecule has 1 heterocycles. The van der Waals surface area contributed by atoms with Gasteiger partial charge in [-0.15, -0.1) is 0 Å². The highest BCUT2D eigenvalue weighted by atomic mass is 35.5. The first-order chi connectivity index (χ1) is 17.1. The molecule has 2 atom stereocenters.